The van der Waals surface area contributed by atoms with Crippen molar-refractivity contribution in [2.24, 2.45) is 0 Å². The summed E-state index contributed by atoms with van der Waals surface area (Å²) in [7, 11) is 0. The van der Waals surface area contributed by atoms with Gasteiger partial charge in [-0.3, -0.25) is 24.6 Å². The molecule has 0 saturated heterocycles. The predicted octanol–water partition coefficient (Wildman–Crippen LogP) is 2.16. The van der Waals surface area contributed by atoms with Gasteiger partial charge in [0.2, 0.25) is 0 Å². The molecule has 1 aromatic carbocycles. The third kappa shape index (κ3) is 2.19. The summed E-state index contributed by atoms with van der Waals surface area (Å²) in [6.07, 6.45) is 0. The summed E-state index contributed by atoms with van der Waals surface area (Å²) in [5, 5.41) is 13.4. The Hall–Kier alpha value is -2.61. The smallest absolute Gasteiger partial charge is 0.269 e. The van der Waals surface area contributed by atoms with Crippen molar-refractivity contribution < 1.29 is 14.5 Å². The van der Waals surface area contributed by atoms with Gasteiger partial charge in [0, 0.05) is 17.5 Å². The molecule has 0 fully saturated rings. The Kier molecular flexibility index (Phi) is 3.02. The first-order chi connectivity index (χ1) is 9.97. The van der Waals surface area contributed by atoms with Gasteiger partial charge in [-0.25, -0.2) is 4.98 Å². The SMILES string of the molecule is Cc1nc(CN2C(=O)c3ccc([N+](=O)[O-])cc3C2=O)cs1. The normalized spacial score (nSPS) is 13.7. The minimum atomic E-state index is -0.593. The minimum absolute atomic E-state index is 0.0705. The molecule has 0 aliphatic carbocycles. The van der Waals surface area contributed by atoms with Crippen LogP contribution < -0.4 is 0 Å². The highest BCUT2D eigenvalue weighted by molar-refractivity contribution is 7.09. The first kappa shape index (κ1) is 13.4. The third-order valence-corrected chi connectivity index (χ3v) is 3.97. The molecule has 0 atom stereocenters. The number of carbonyl (C=O) groups is 2. The summed E-state index contributed by atoms with van der Waals surface area (Å²) in [5.41, 5.74) is 0.682. The van der Waals surface area contributed by atoms with Crippen molar-refractivity contribution >= 4 is 28.8 Å². The van der Waals surface area contributed by atoms with E-state index in [1.165, 1.54) is 23.5 Å². The number of thiazole rings is 1. The van der Waals surface area contributed by atoms with E-state index in [-0.39, 0.29) is 23.4 Å². The van der Waals surface area contributed by atoms with Crippen molar-refractivity contribution in [2.45, 2.75) is 13.5 Å². The number of hydrogen-bond donors (Lipinski definition) is 0. The summed E-state index contributed by atoms with van der Waals surface area (Å²) in [5.74, 6) is -0.972. The van der Waals surface area contributed by atoms with Crippen molar-refractivity contribution in [3.63, 3.8) is 0 Å². The lowest BCUT2D eigenvalue weighted by molar-refractivity contribution is -0.384. The zero-order valence-corrected chi connectivity index (χ0v) is 11.7. The molecule has 0 N–H and O–H groups in total. The highest BCUT2D eigenvalue weighted by Gasteiger charge is 2.37. The number of nitrogens with zero attached hydrogens (tertiary/aromatic N) is 3. The topological polar surface area (TPSA) is 93.4 Å². The van der Waals surface area contributed by atoms with Gasteiger partial charge in [-0.1, -0.05) is 0 Å². The van der Waals surface area contributed by atoms with Crippen LogP contribution in [0.4, 0.5) is 5.69 Å². The van der Waals surface area contributed by atoms with Crippen LogP contribution in [-0.4, -0.2) is 26.6 Å². The van der Waals surface area contributed by atoms with E-state index in [0.717, 1.165) is 16.0 Å². The molecule has 0 bridgehead atoms. The van der Waals surface area contributed by atoms with Crippen LogP contribution in [-0.2, 0) is 6.54 Å². The van der Waals surface area contributed by atoms with Gasteiger partial charge in [0.25, 0.3) is 17.5 Å². The number of aromatic nitrogens is 1. The molecular formula is C13H9N3O4S. The van der Waals surface area contributed by atoms with Crippen LogP contribution >= 0.6 is 11.3 Å². The Morgan fingerprint density at radius 3 is 2.62 bits per heavy atom. The number of non-ortho nitro benzene ring substituents is 1. The highest BCUT2D eigenvalue weighted by atomic mass is 32.1. The van der Waals surface area contributed by atoms with Gasteiger partial charge in [0.1, 0.15) is 0 Å². The van der Waals surface area contributed by atoms with E-state index in [4.69, 9.17) is 0 Å². The van der Waals surface area contributed by atoms with E-state index in [1.807, 2.05) is 6.92 Å². The second-order valence-corrected chi connectivity index (χ2v) is 5.60. The molecule has 1 aliphatic heterocycles. The summed E-state index contributed by atoms with van der Waals surface area (Å²) >= 11 is 1.43. The zero-order valence-electron chi connectivity index (χ0n) is 10.9. The Labute approximate surface area is 123 Å². The maximum absolute atomic E-state index is 12.3. The second kappa shape index (κ2) is 4.74. The van der Waals surface area contributed by atoms with Gasteiger partial charge in [0.05, 0.1) is 33.3 Å². The summed E-state index contributed by atoms with van der Waals surface area (Å²) in [4.78, 5) is 39.9. The average molecular weight is 303 g/mol. The standard InChI is InChI=1S/C13H9N3O4S/c1-7-14-8(6-21-7)5-15-12(17)10-3-2-9(16(19)20)4-11(10)13(15)18/h2-4,6H,5H2,1H3. The van der Waals surface area contributed by atoms with Gasteiger partial charge in [0.15, 0.2) is 0 Å². The highest BCUT2D eigenvalue weighted by Crippen LogP contribution is 2.28. The molecule has 0 unspecified atom stereocenters. The van der Waals surface area contributed by atoms with Crippen molar-refractivity contribution in [1.29, 1.82) is 0 Å². The van der Waals surface area contributed by atoms with Gasteiger partial charge < -0.3 is 0 Å². The fourth-order valence-corrected chi connectivity index (χ4v) is 2.78. The number of rotatable bonds is 3. The van der Waals surface area contributed by atoms with Crippen LogP contribution in [0.3, 0.4) is 0 Å². The fraction of sp³-hybridized carbons (Fsp3) is 0.154. The van der Waals surface area contributed by atoms with E-state index >= 15 is 0 Å². The first-order valence-corrected chi connectivity index (χ1v) is 6.91. The number of aryl methyl sites for hydroxylation is 1. The number of imide groups is 1. The van der Waals surface area contributed by atoms with Crippen molar-refractivity contribution in [1.82, 2.24) is 9.88 Å². The largest absolute Gasteiger partial charge is 0.270 e. The lowest BCUT2D eigenvalue weighted by Gasteiger charge is -2.11. The van der Waals surface area contributed by atoms with E-state index in [2.05, 4.69) is 4.98 Å². The molecule has 7 nitrogen and oxygen atoms in total. The van der Waals surface area contributed by atoms with E-state index in [1.54, 1.807) is 5.38 Å². The third-order valence-electron chi connectivity index (χ3n) is 3.15. The lowest BCUT2D eigenvalue weighted by atomic mass is 10.1. The molecule has 8 heteroatoms. The van der Waals surface area contributed by atoms with Crippen LogP contribution in [0.5, 0.6) is 0 Å². The summed E-state index contributed by atoms with van der Waals surface area (Å²) in [6, 6.07) is 3.68. The molecule has 1 aromatic heterocycles. The second-order valence-electron chi connectivity index (χ2n) is 4.54. The van der Waals surface area contributed by atoms with Crippen LogP contribution in [0.2, 0.25) is 0 Å². The molecule has 0 saturated carbocycles. The quantitative estimate of drug-likeness (QED) is 0.492. The van der Waals surface area contributed by atoms with Crippen molar-refractivity contribution in [2.75, 3.05) is 0 Å². The monoisotopic (exact) mass is 303 g/mol. The molecule has 1 aliphatic rings. The molecule has 2 aromatic rings. The molecule has 3 rings (SSSR count). The number of amides is 2. The Morgan fingerprint density at radius 1 is 1.29 bits per heavy atom. The van der Waals surface area contributed by atoms with E-state index in [9.17, 15) is 19.7 Å². The molecule has 21 heavy (non-hydrogen) atoms. The number of nitro benzene ring substituents is 1. The van der Waals surface area contributed by atoms with Crippen LogP contribution in [0.15, 0.2) is 23.6 Å². The Balaban J connectivity index is 1.94. The fourth-order valence-electron chi connectivity index (χ4n) is 2.18. The van der Waals surface area contributed by atoms with Gasteiger partial charge in [-0.15, -0.1) is 11.3 Å². The zero-order chi connectivity index (χ0) is 15.1. The molecule has 106 valence electrons. The molecule has 2 amide bonds. The summed E-state index contributed by atoms with van der Waals surface area (Å²) in [6.45, 7) is 1.91. The van der Waals surface area contributed by atoms with Gasteiger partial charge in [-0.05, 0) is 13.0 Å². The van der Waals surface area contributed by atoms with E-state index in [0.29, 0.717) is 5.69 Å². The van der Waals surface area contributed by atoms with Crippen molar-refractivity contribution in [3.8, 4) is 0 Å². The Bertz CT molecular complexity index is 783. The maximum atomic E-state index is 12.3. The summed E-state index contributed by atoms with van der Waals surface area (Å²) < 4.78 is 0. The lowest BCUT2D eigenvalue weighted by Crippen LogP contribution is -2.29. The van der Waals surface area contributed by atoms with Crippen LogP contribution in [0, 0.1) is 17.0 Å². The molecule has 2 heterocycles. The minimum Gasteiger partial charge on any atom is -0.269 e. The van der Waals surface area contributed by atoms with Crippen LogP contribution in [0.1, 0.15) is 31.4 Å². The maximum Gasteiger partial charge on any atom is 0.270 e. The van der Waals surface area contributed by atoms with E-state index < -0.39 is 16.7 Å². The number of fused-ring (bicyclic) bond motifs is 1. The number of benzene rings is 1. The molecule has 0 spiro atoms. The van der Waals surface area contributed by atoms with Gasteiger partial charge >= 0.3 is 0 Å². The molecule has 0 radical (unpaired) electrons. The predicted molar refractivity (Wildman–Crippen MR) is 74.2 cm³/mol. The van der Waals surface area contributed by atoms with Gasteiger partial charge in [-0.2, -0.15) is 0 Å². The number of nitro groups is 1. The first-order valence-electron chi connectivity index (χ1n) is 6.03. The Morgan fingerprint density at radius 2 is 2.00 bits per heavy atom. The van der Waals surface area contributed by atoms with Crippen molar-refractivity contribution in [3.05, 3.63) is 55.5 Å². The molecular weight excluding hydrogens is 294 g/mol. The number of carbonyl (C=O) groups excluding carboxylic acids is 2. The average Bonchev–Trinajstić information content (AvgIpc) is 2.96. The number of hydrogen-bond acceptors (Lipinski definition) is 6. The van der Waals surface area contributed by atoms with Crippen LogP contribution in [0.25, 0.3) is 0 Å².